The largest absolute Gasteiger partial charge is 0.465 e. The molecule has 1 fully saturated rings. The van der Waals surface area contributed by atoms with E-state index in [1.165, 1.54) is 7.11 Å². The normalized spacial score (nSPS) is 15.7. The van der Waals surface area contributed by atoms with Crippen LogP contribution < -0.4 is 0 Å². The zero-order valence-electron chi connectivity index (χ0n) is 16.2. The molecule has 6 heteroatoms. The molecule has 0 aliphatic carbocycles. The summed E-state index contributed by atoms with van der Waals surface area (Å²) in [5.41, 5.74) is 2.25. The lowest BCUT2D eigenvalue weighted by molar-refractivity contribution is 0.0184. The van der Waals surface area contributed by atoms with E-state index in [9.17, 15) is 9.59 Å². The molecule has 0 bridgehead atoms. The van der Waals surface area contributed by atoms with E-state index in [1.54, 1.807) is 11.0 Å². The number of nitrogens with zero attached hydrogens (tertiary/aromatic N) is 1. The average Bonchev–Trinajstić information content (AvgIpc) is 2.56. The first-order valence-corrected chi connectivity index (χ1v) is 9.75. The highest BCUT2D eigenvalue weighted by atomic mass is 79.9. The summed E-state index contributed by atoms with van der Waals surface area (Å²) >= 11 is 3.49. The number of benzene rings is 1. The van der Waals surface area contributed by atoms with Crippen LogP contribution in [0.25, 0.3) is 0 Å². The monoisotopic (exact) mass is 425 g/mol. The van der Waals surface area contributed by atoms with Gasteiger partial charge in [-0.25, -0.2) is 9.59 Å². The molecule has 26 heavy (non-hydrogen) atoms. The van der Waals surface area contributed by atoms with Gasteiger partial charge in [0.15, 0.2) is 0 Å². The van der Waals surface area contributed by atoms with E-state index >= 15 is 0 Å². The number of halogens is 1. The molecular weight excluding hydrogens is 398 g/mol. The Morgan fingerprint density at radius 3 is 2.38 bits per heavy atom. The molecule has 0 radical (unpaired) electrons. The van der Waals surface area contributed by atoms with Crippen LogP contribution >= 0.6 is 15.9 Å². The number of amides is 1. The van der Waals surface area contributed by atoms with Gasteiger partial charge in [0.05, 0.1) is 12.7 Å². The zero-order valence-corrected chi connectivity index (χ0v) is 17.8. The van der Waals surface area contributed by atoms with Gasteiger partial charge in [-0.15, -0.1) is 0 Å². The van der Waals surface area contributed by atoms with Crippen LogP contribution in [-0.4, -0.2) is 42.8 Å². The quantitative estimate of drug-likeness (QED) is 0.656. The second kappa shape index (κ2) is 8.42. The number of hydrogen-bond acceptors (Lipinski definition) is 4. The van der Waals surface area contributed by atoms with Gasteiger partial charge in [0.25, 0.3) is 0 Å². The van der Waals surface area contributed by atoms with Crippen LogP contribution in [-0.2, 0) is 15.9 Å². The smallest absolute Gasteiger partial charge is 0.410 e. The topological polar surface area (TPSA) is 55.8 Å². The zero-order chi connectivity index (χ0) is 19.5. The molecule has 5 nitrogen and oxygen atoms in total. The first-order valence-electron chi connectivity index (χ1n) is 8.96. The van der Waals surface area contributed by atoms with Gasteiger partial charge < -0.3 is 14.4 Å². The third-order valence-corrected chi connectivity index (χ3v) is 5.12. The molecule has 1 aromatic carbocycles. The van der Waals surface area contributed by atoms with E-state index in [1.807, 2.05) is 27.7 Å². The first kappa shape index (κ1) is 20.7. The number of carbonyl (C=O) groups is 2. The van der Waals surface area contributed by atoms with Crippen molar-refractivity contribution in [2.24, 2.45) is 5.92 Å². The van der Waals surface area contributed by atoms with Gasteiger partial charge in [-0.05, 0) is 76.1 Å². The van der Waals surface area contributed by atoms with Crippen molar-refractivity contribution in [1.82, 2.24) is 4.90 Å². The molecule has 1 aromatic rings. The van der Waals surface area contributed by atoms with E-state index < -0.39 is 5.60 Å². The number of likely N-dealkylation sites (tertiary alicyclic amines) is 1. The van der Waals surface area contributed by atoms with E-state index in [0.29, 0.717) is 24.6 Å². The van der Waals surface area contributed by atoms with Crippen LogP contribution in [0.15, 0.2) is 16.6 Å². The highest BCUT2D eigenvalue weighted by Crippen LogP contribution is 2.28. The van der Waals surface area contributed by atoms with Gasteiger partial charge in [-0.2, -0.15) is 0 Å². The second-order valence-corrected chi connectivity index (χ2v) is 8.76. The van der Waals surface area contributed by atoms with Crippen molar-refractivity contribution >= 4 is 28.0 Å². The molecule has 0 N–H and O–H groups in total. The Bertz CT molecular complexity index is 673. The highest BCUT2D eigenvalue weighted by molar-refractivity contribution is 9.10. The molecule has 0 saturated carbocycles. The van der Waals surface area contributed by atoms with Gasteiger partial charge in [-0.3, -0.25) is 0 Å². The number of hydrogen-bond donors (Lipinski definition) is 0. The fraction of sp³-hybridized carbons (Fsp3) is 0.600. The lowest BCUT2D eigenvalue weighted by Crippen LogP contribution is -2.42. The van der Waals surface area contributed by atoms with E-state index in [-0.39, 0.29) is 12.1 Å². The van der Waals surface area contributed by atoms with Gasteiger partial charge in [0.2, 0.25) is 0 Å². The summed E-state index contributed by atoms with van der Waals surface area (Å²) in [6.45, 7) is 9.02. The molecule has 0 aromatic heterocycles. The van der Waals surface area contributed by atoms with Crippen LogP contribution in [0.3, 0.4) is 0 Å². The van der Waals surface area contributed by atoms with Crippen LogP contribution in [0.1, 0.15) is 55.1 Å². The number of esters is 1. The number of methoxy groups -OCH3 is 1. The second-order valence-electron chi connectivity index (χ2n) is 7.84. The van der Waals surface area contributed by atoms with Crippen molar-refractivity contribution in [1.29, 1.82) is 0 Å². The van der Waals surface area contributed by atoms with Crippen molar-refractivity contribution < 1.29 is 19.1 Å². The summed E-state index contributed by atoms with van der Waals surface area (Å²) in [4.78, 5) is 25.9. The molecule has 0 atom stereocenters. The molecule has 2 rings (SSSR count). The Morgan fingerprint density at radius 2 is 1.85 bits per heavy atom. The maximum absolute atomic E-state index is 12.2. The number of rotatable bonds is 3. The van der Waals surface area contributed by atoms with Gasteiger partial charge in [-0.1, -0.05) is 15.9 Å². The van der Waals surface area contributed by atoms with E-state index in [2.05, 4.69) is 22.0 Å². The Hall–Kier alpha value is -1.56. The maximum Gasteiger partial charge on any atom is 0.410 e. The predicted octanol–water partition coefficient (Wildman–Crippen LogP) is 4.73. The Labute approximate surface area is 164 Å². The molecule has 1 heterocycles. The molecule has 0 spiro atoms. The highest BCUT2D eigenvalue weighted by Gasteiger charge is 2.27. The van der Waals surface area contributed by atoms with Gasteiger partial charge >= 0.3 is 12.1 Å². The summed E-state index contributed by atoms with van der Waals surface area (Å²) in [5, 5.41) is 0. The standard InChI is InChI=1S/C20H28BrNO4/c1-13-15(11-16(21)12-17(13)18(23)25-5)10-14-6-8-22(9-7-14)19(24)26-20(2,3)4/h11-12,14H,6-10H2,1-5H3. The number of carbonyl (C=O) groups excluding carboxylic acids is 2. The fourth-order valence-corrected chi connectivity index (χ4v) is 3.73. The summed E-state index contributed by atoms with van der Waals surface area (Å²) in [6.07, 6.45) is 2.51. The van der Waals surface area contributed by atoms with E-state index in [0.717, 1.165) is 34.9 Å². The number of piperidine rings is 1. The minimum atomic E-state index is -0.467. The van der Waals surface area contributed by atoms with Crippen molar-refractivity contribution in [3.05, 3.63) is 33.3 Å². The van der Waals surface area contributed by atoms with Gasteiger partial charge in [0, 0.05) is 17.6 Å². The molecule has 1 aliphatic heterocycles. The number of ether oxygens (including phenoxy) is 2. The minimum absolute atomic E-state index is 0.234. The minimum Gasteiger partial charge on any atom is -0.465 e. The van der Waals surface area contributed by atoms with Gasteiger partial charge in [0.1, 0.15) is 5.60 Å². The van der Waals surface area contributed by atoms with Crippen LogP contribution in [0.5, 0.6) is 0 Å². The van der Waals surface area contributed by atoms with Crippen molar-refractivity contribution in [3.63, 3.8) is 0 Å². The molecule has 144 valence electrons. The third kappa shape index (κ3) is 5.47. The fourth-order valence-electron chi connectivity index (χ4n) is 3.23. The lowest BCUT2D eigenvalue weighted by atomic mass is 9.87. The first-order chi connectivity index (χ1) is 12.1. The molecule has 1 saturated heterocycles. The van der Waals surface area contributed by atoms with Crippen molar-refractivity contribution in [3.8, 4) is 0 Å². The Morgan fingerprint density at radius 1 is 1.23 bits per heavy atom. The SMILES string of the molecule is COC(=O)c1cc(Br)cc(CC2CCN(C(=O)OC(C)(C)C)CC2)c1C. The van der Waals surface area contributed by atoms with Crippen molar-refractivity contribution in [2.45, 2.75) is 52.6 Å². The van der Waals surface area contributed by atoms with Crippen LogP contribution in [0, 0.1) is 12.8 Å². The Kier molecular flexibility index (Phi) is 6.72. The molecule has 1 aliphatic rings. The summed E-state index contributed by atoms with van der Waals surface area (Å²) < 4.78 is 11.2. The molecular formula is C20H28BrNO4. The lowest BCUT2D eigenvalue weighted by Gasteiger charge is -2.33. The van der Waals surface area contributed by atoms with Crippen LogP contribution in [0.4, 0.5) is 4.79 Å². The summed E-state index contributed by atoms with van der Waals surface area (Å²) in [7, 11) is 1.40. The average molecular weight is 426 g/mol. The third-order valence-electron chi connectivity index (χ3n) is 4.66. The summed E-state index contributed by atoms with van der Waals surface area (Å²) in [5.74, 6) is 0.164. The van der Waals surface area contributed by atoms with Crippen molar-refractivity contribution in [2.75, 3.05) is 20.2 Å². The Balaban J connectivity index is 2.01. The molecule has 1 amide bonds. The molecule has 0 unspecified atom stereocenters. The predicted molar refractivity (Wildman–Crippen MR) is 104 cm³/mol. The van der Waals surface area contributed by atoms with E-state index in [4.69, 9.17) is 9.47 Å². The summed E-state index contributed by atoms with van der Waals surface area (Å²) in [6, 6.07) is 3.87. The van der Waals surface area contributed by atoms with Crippen LogP contribution in [0.2, 0.25) is 0 Å². The maximum atomic E-state index is 12.2.